The second-order valence-electron chi connectivity index (χ2n) is 8.37. The van der Waals surface area contributed by atoms with Gasteiger partial charge in [-0.25, -0.2) is 27.2 Å². The summed E-state index contributed by atoms with van der Waals surface area (Å²) >= 11 is 0. The Morgan fingerprint density at radius 2 is 2.03 bits per heavy atom. The maximum absolute atomic E-state index is 15.3. The van der Waals surface area contributed by atoms with Gasteiger partial charge in [-0.3, -0.25) is 24.9 Å². The smallest absolute Gasteiger partial charge is 0.232 e. The predicted octanol–water partition coefficient (Wildman–Crippen LogP) is 3.67. The van der Waals surface area contributed by atoms with Crippen molar-refractivity contribution in [3.63, 3.8) is 0 Å². The van der Waals surface area contributed by atoms with Crippen LogP contribution in [0.1, 0.15) is 29.3 Å². The van der Waals surface area contributed by atoms with Crippen molar-refractivity contribution in [3.05, 3.63) is 71.7 Å². The molecule has 11 nitrogen and oxygen atoms in total. The number of hydrazine groups is 1. The molecule has 0 unspecified atom stereocenters. The average Bonchev–Trinajstić information content (AvgIpc) is 3.57. The predicted molar refractivity (Wildman–Crippen MR) is 140 cm³/mol. The summed E-state index contributed by atoms with van der Waals surface area (Å²) in [6.07, 6.45) is 4.43. The minimum atomic E-state index is -3.88. The Bertz CT molecular complexity index is 1660. The number of nitrogens with one attached hydrogen (secondary N) is 4. The Labute approximate surface area is 216 Å². The van der Waals surface area contributed by atoms with E-state index < -0.39 is 38.7 Å². The van der Waals surface area contributed by atoms with Crippen molar-refractivity contribution in [3.8, 4) is 0 Å². The van der Waals surface area contributed by atoms with Crippen LogP contribution in [0.3, 0.4) is 0 Å². The van der Waals surface area contributed by atoms with Crippen LogP contribution >= 0.6 is 0 Å². The normalized spacial score (nSPS) is 13.1. The van der Waals surface area contributed by atoms with E-state index >= 15 is 4.39 Å². The van der Waals surface area contributed by atoms with Crippen LogP contribution in [0.4, 0.5) is 31.7 Å². The number of hydrogen-bond acceptors (Lipinski definition) is 9. The molecule has 1 aliphatic heterocycles. The number of H-pyrrole nitrogens is 1. The number of carbonyl (C=O) groups is 1. The molecule has 0 aliphatic carbocycles. The summed E-state index contributed by atoms with van der Waals surface area (Å²) in [5.41, 5.74) is 3.17. The van der Waals surface area contributed by atoms with Gasteiger partial charge in [-0.2, -0.15) is 0 Å². The molecule has 196 valence electrons. The lowest BCUT2D eigenvalue weighted by atomic mass is 10.0. The van der Waals surface area contributed by atoms with Gasteiger partial charge < -0.3 is 10.3 Å². The summed E-state index contributed by atoms with van der Waals surface area (Å²) in [5, 5.41) is 5.15. The van der Waals surface area contributed by atoms with E-state index in [9.17, 15) is 17.6 Å². The number of aliphatic imine (C=N–C) groups is 1. The molecule has 4 aromatic rings. The van der Waals surface area contributed by atoms with Crippen LogP contribution < -0.4 is 20.5 Å². The molecule has 5 rings (SSSR count). The molecule has 14 heteroatoms. The third kappa shape index (κ3) is 4.85. The number of aromatic nitrogens is 3. The number of benzene rings is 2. The largest absolute Gasteiger partial charge is 0.345 e. The molecular weight excluding hydrogens is 518 g/mol. The molecule has 38 heavy (non-hydrogen) atoms. The third-order valence-electron chi connectivity index (χ3n) is 5.72. The van der Waals surface area contributed by atoms with Gasteiger partial charge in [0.2, 0.25) is 15.8 Å². The summed E-state index contributed by atoms with van der Waals surface area (Å²) in [4.78, 5) is 28.7. The Morgan fingerprint density at radius 1 is 1.18 bits per heavy atom. The Hall–Kier alpha value is -4.59. The van der Waals surface area contributed by atoms with Crippen LogP contribution in [-0.2, 0) is 10.0 Å². The van der Waals surface area contributed by atoms with Crippen LogP contribution in [0.15, 0.2) is 53.9 Å². The summed E-state index contributed by atoms with van der Waals surface area (Å²) < 4.78 is 56.5. The maximum Gasteiger partial charge on any atom is 0.232 e. The SMILES string of the molecule is CCCS(=O)(=O)Nc1ccc(F)c(C(=O)c2c[nH]c3ncnc(Nc4cccc(N5CN=CN5)c4)c23)c1F. The molecular formula is C24H22F2N8O3S. The summed E-state index contributed by atoms with van der Waals surface area (Å²) in [6, 6.07) is 9.08. The number of carbonyl (C=O) groups excluding carboxylic acids is 1. The van der Waals surface area contributed by atoms with E-state index in [1.165, 1.54) is 12.5 Å². The quantitative estimate of drug-likeness (QED) is 0.235. The molecule has 0 atom stereocenters. The van der Waals surface area contributed by atoms with Crippen molar-refractivity contribution in [2.75, 3.05) is 27.5 Å². The Kier molecular flexibility index (Phi) is 6.63. The molecule has 0 saturated heterocycles. The number of anilines is 4. The average molecular weight is 541 g/mol. The molecule has 2 aromatic heterocycles. The van der Waals surface area contributed by atoms with Crippen LogP contribution in [0, 0.1) is 11.6 Å². The van der Waals surface area contributed by atoms with E-state index in [-0.39, 0.29) is 28.2 Å². The van der Waals surface area contributed by atoms with E-state index in [4.69, 9.17) is 0 Å². The zero-order chi connectivity index (χ0) is 26.9. The maximum atomic E-state index is 15.3. The molecule has 0 radical (unpaired) electrons. The summed E-state index contributed by atoms with van der Waals surface area (Å²) in [7, 11) is -3.88. The van der Waals surface area contributed by atoms with Crippen molar-refractivity contribution in [2.24, 2.45) is 4.99 Å². The molecule has 0 amide bonds. The van der Waals surface area contributed by atoms with E-state index in [0.29, 0.717) is 18.8 Å². The first-order valence-corrected chi connectivity index (χ1v) is 13.2. The molecule has 0 saturated carbocycles. The van der Waals surface area contributed by atoms with Crippen molar-refractivity contribution in [1.82, 2.24) is 20.4 Å². The van der Waals surface area contributed by atoms with E-state index in [1.807, 2.05) is 18.2 Å². The second kappa shape index (κ2) is 10.0. The first kappa shape index (κ1) is 25.1. The number of nitrogens with zero attached hydrogens (tertiary/aromatic N) is 4. The third-order valence-corrected chi connectivity index (χ3v) is 7.20. The number of sulfonamides is 1. The standard InChI is InChI=1S/C24H22F2N8O3S/c1-2-8-38(36,37)33-18-7-6-17(25)20(21(18)26)22(35)16-10-28-23-19(16)24(30-12-29-23)32-14-4-3-5-15(9-14)34-13-27-11-31-34/h3-7,9-12,33H,2,8,13H2,1H3,(H,27,31)(H2,28,29,30,32). The fraction of sp³-hybridized carbons (Fsp3) is 0.167. The lowest BCUT2D eigenvalue weighted by Gasteiger charge is -2.18. The number of hydrogen-bond donors (Lipinski definition) is 4. The van der Waals surface area contributed by atoms with E-state index in [0.717, 1.165) is 17.8 Å². The lowest BCUT2D eigenvalue weighted by Crippen LogP contribution is -2.31. The van der Waals surface area contributed by atoms with Crippen molar-refractivity contribution in [2.45, 2.75) is 13.3 Å². The highest BCUT2D eigenvalue weighted by Crippen LogP contribution is 2.31. The van der Waals surface area contributed by atoms with Gasteiger partial charge in [-0.1, -0.05) is 13.0 Å². The van der Waals surface area contributed by atoms with Gasteiger partial charge in [-0.05, 0) is 36.8 Å². The van der Waals surface area contributed by atoms with Gasteiger partial charge in [0.25, 0.3) is 0 Å². The molecule has 0 fully saturated rings. The minimum absolute atomic E-state index is 0.0970. The van der Waals surface area contributed by atoms with Gasteiger partial charge in [0, 0.05) is 11.9 Å². The number of ketones is 1. The number of fused-ring (bicyclic) bond motifs is 1. The summed E-state index contributed by atoms with van der Waals surface area (Å²) in [6.45, 7) is 2.08. The fourth-order valence-electron chi connectivity index (χ4n) is 4.02. The zero-order valence-electron chi connectivity index (χ0n) is 20.0. The fourth-order valence-corrected chi connectivity index (χ4v) is 5.15. The van der Waals surface area contributed by atoms with Gasteiger partial charge in [0.15, 0.2) is 5.82 Å². The van der Waals surface area contributed by atoms with Gasteiger partial charge in [-0.15, -0.1) is 0 Å². The van der Waals surface area contributed by atoms with Gasteiger partial charge >= 0.3 is 0 Å². The molecule has 4 N–H and O–H groups in total. The summed E-state index contributed by atoms with van der Waals surface area (Å²) in [5.74, 6) is -3.50. The van der Waals surface area contributed by atoms with Gasteiger partial charge in [0.05, 0.1) is 33.6 Å². The number of aromatic amines is 1. The topological polar surface area (TPSA) is 144 Å². The van der Waals surface area contributed by atoms with Crippen LogP contribution in [-0.4, -0.2) is 47.9 Å². The monoisotopic (exact) mass is 540 g/mol. The van der Waals surface area contributed by atoms with Crippen LogP contribution in [0.5, 0.6) is 0 Å². The van der Waals surface area contributed by atoms with Crippen molar-refractivity contribution >= 4 is 56.1 Å². The molecule has 0 bridgehead atoms. The first-order chi connectivity index (χ1) is 18.3. The number of rotatable bonds is 9. The van der Waals surface area contributed by atoms with Crippen molar-refractivity contribution in [1.29, 1.82) is 0 Å². The Morgan fingerprint density at radius 3 is 2.79 bits per heavy atom. The number of halogens is 2. The molecule has 2 aromatic carbocycles. The Balaban J connectivity index is 1.52. The van der Waals surface area contributed by atoms with E-state index in [1.54, 1.807) is 24.3 Å². The highest BCUT2D eigenvalue weighted by atomic mass is 32.2. The van der Waals surface area contributed by atoms with Gasteiger partial charge in [0.1, 0.15) is 36.6 Å². The molecule has 0 spiro atoms. The lowest BCUT2D eigenvalue weighted by molar-refractivity contribution is 0.103. The zero-order valence-corrected chi connectivity index (χ0v) is 20.8. The molecule has 3 heterocycles. The van der Waals surface area contributed by atoms with Crippen LogP contribution in [0.2, 0.25) is 0 Å². The van der Waals surface area contributed by atoms with Crippen LogP contribution in [0.25, 0.3) is 11.0 Å². The highest BCUT2D eigenvalue weighted by molar-refractivity contribution is 7.92. The molecule has 1 aliphatic rings. The second-order valence-corrected chi connectivity index (χ2v) is 10.2. The van der Waals surface area contributed by atoms with Crippen molar-refractivity contribution < 1.29 is 22.0 Å². The minimum Gasteiger partial charge on any atom is -0.345 e. The van der Waals surface area contributed by atoms with E-state index in [2.05, 4.69) is 35.4 Å². The highest BCUT2D eigenvalue weighted by Gasteiger charge is 2.27. The first-order valence-electron chi connectivity index (χ1n) is 11.5.